The van der Waals surface area contributed by atoms with E-state index in [9.17, 15) is 22.8 Å². The summed E-state index contributed by atoms with van der Waals surface area (Å²) in [5, 5.41) is 0. The van der Waals surface area contributed by atoms with E-state index in [1.165, 1.54) is 0 Å². The second kappa shape index (κ2) is 4.69. The van der Waals surface area contributed by atoms with Crippen LogP contribution < -0.4 is 11.3 Å². The third-order valence-electron chi connectivity index (χ3n) is 1.60. The number of amides is 1. The highest BCUT2D eigenvalue weighted by atomic mass is 19.4. The number of hydrogen-bond acceptors (Lipinski definition) is 3. The number of nitrogens with zero attached hydrogens (tertiary/aromatic N) is 1. The number of halogens is 3. The molecule has 0 spiro atoms. The average Bonchev–Trinajstić information content (AvgIpc) is 2.18. The maximum Gasteiger partial charge on any atom is 0.434 e. The van der Waals surface area contributed by atoms with E-state index in [0.717, 1.165) is 0 Å². The predicted molar refractivity (Wildman–Crippen MR) is 50.5 cm³/mol. The fraction of sp³-hybridized carbons (Fsp3) is 0.222. The van der Waals surface area contributed by atoms with Crippen LogP contribution in [0.5, 0.6) is 0 Å². The molecule has 0 aromatic carbocycles. The van der Waals surface area contributed by atoms with E-state index in [4.69, 9.17) is 5.73 Å². The molecule has 0 radical (unpaired) electrons. The number of primary amides is 1. The summed E-state index contributed by atoms with van der Waals surface area (Å²) >= 11 is 0. The van der Waals surface area contributed by atoms with Crippen molar-refractivity contribution in [3.63, 3.8) is 0 Å². The van der Waals surface area contributed by atoms with Crippen molar-refractivity contribution in [2.24, 2.45) is 5.73 Å². The summed E-state index contributed by atoms with van der Waals surface area (Å²) in [5.74, 6) is 3.21. The summed E-state index contributed by atoms with van der Waals surface area (Å²) in [6.07, 6.45) is -4.60. The molecular formula is C9H6F3N3O2. The van der Waals surface area contributed by atoms with Gasteiger partial charge in [0.1, 0.15) is 5.56 Å². The van der Waals surface area contributed by atoms with Gasteiger partial charge in [0.25, 0.3) is 5.56 Å². The van der Waals surface area contributed by atoms with Crippen molar-refractivity contribution >= 4 is 5.91 Å². The van der Waals surface area contributed by atoms with E-state index in [-0.39, 0.29) is 0 Å². The molecule has 1 aromatic rings. The molecule has 0 saturated heterocycles. The summed E-state index contributed by atoms with van der Waals surface area (Å²) in [4.78, 5) is 26.5. The van der Waals surface area contributed by atoms with E-state index < -0.39 is 35.3 Å². The van der Waals surface area contributed by atoms with E-state index in [1.807, 2.05) is 10.9 Å². The fourth-order valence-electron chi connectivity index (χ4n) is 0.950. The molecule has 1 rings (SSSR count). The molecule has 0 bridgehead atoms. The molecule has 1 amide bonds. The van der Waals surface area contributed by atoms with Crippen molar-refractivity contribution in [1.82, 2.24) is 9.97 Å². The average molecular weight is 245 g/mol. The van der Waals surface area contributed by atoms with Gasteiger partial charge in [-0.25, -0.2) is 4.98 Å². The molecule has 0 atom stereocenters. The Morgan fingerprint density at radius 3 is 2.71 bits per heavy atom. The van der Waals surface area contributed by atoms with Crippen molar-refractivity contribution in [1.29, 1.82) is 0 Å². The number of carbonyl (C=O) groups is 1. The molecule has 17 heavy (non-hydrogen) atoms. The van der Waals surface area contributed by atoms with Crippen molar-refractivity contribution in [3.05, 3.63) is 27.9 Å². The molecular weight excluding hydrogens is 239 g/mol. The van der Waals surface area contributed by atoms with Crippen LogP contribution >= 0.6 is 0 Å². The molecule has 3 N–H and O–H groups in total. The van der Waals surface area contributed by atoms with Crippen molar-refractivity contribution in [2.75, 3.05) is 0 Å². The Morgan fingerprint density at radius 2 is 2.18 bits per heavy atom. The first-order chi connectivity index (χ1) is 7.82. The van der Waals surface area contributed by atoms with Gasteiger partial charge in [0.05, 0.1) is 12.7 Å². The molecule has 5 nitrogen and oxygen atoms in total. The number of rotatable bonds is 1. The van der Waals surface area contributed by atoms with E-state index >= 15 is 0 Å². The zero-order valence-electron chi connectivity index (χ0n) is 8.26. The molecule has 0 aliphatic carbocycles. The van der Waals surface area contributed by atoms with Crippen LogP contribution in [0.2, 0.25) is 0 Å². The smallest absolute Gasteiger partial charge is 0.369 e. The summed E-state index contributed by atoms with van der Waals surface area (Å²) in [6.45, 7) is 0. The Kier molecular flexibility index (Phi) is 3.52. The highest BCUT2D eigenvalue weighted by molar-refractivity contribution is 5.76. The van der Waals surface area contributed by atoms with Crippen molar-refractivity contribution in [3.8, 4) is 11.8 Å². The third-order valence-corrected chi connectivity index (χ3v) is 1.60. The van der Waals surface area contributed by atoms with Crippen LogP contribution in [0, 0.1) is 11.8 Å². The number of aromatic nitrogens is 2. The topological polar surface area (TPSA) is 88.8 Å². The van der Waals surface area contributed by atoms with Crippen LogP contribution in [0.3, 0.4) is 0 Å². The van der Waals surface area contributed by atoms with Gasteiger partial charge >= 0.3 is 6.18 Å². The van der Waals surface area contributed by atoms with Gasteiger partial charge in [-0.05, 0) is 0 Å². The molecule has 0 saturated carbocycles. The number of hydrogen-bond donors (Lipinski definition) is 2. The lowest BCUT2D eigenvalue weighted by atomic mass is 10.2. The van der Waals surface area contributed by atoms with Crippen molar-refractivity contribution < 1.29 is 18.0 Å². The van der Waals surface area contributed by atoms with Crippen LogP contribution in [0.4, 0.5) is 13.2 Å². The predicted octanol–water partition coefficient (Wildman–Crippen LogP) is 0.0156. The van der Waals surface area contributed by atoms with Gasteiger partial charge in [0.2, 0.25) is 5.91 Å². The minimum absolute atomic E-state index is 0.439. The largest absolute Gasteiger partial charge is 0.434 e. The lowest BCUT2D eigenvalue weighted by Gasteiger charge is -2.05. The van der Waals surface area contributed by atoms with E-state index in [1.54, 1.807) is 0 Å². The van der Waals surface area contributed by atoms with Gasteiger partial charge in [0.15, 0.2) is 5.69 Å². The maximum atomic E-state index is 12.4. The van der Waals surface area contributed by atoms with Gasteiger partial charge in [-0.15, -0.1) is 0 Å². The maximum absolute atomic E-state index is 12.4. The number of aromatic amines is 1. The van der Waals surface area contributed by atoms with Crippen LogP contribution in [0.15, 0.2) is 11.1 Å². The molecule has 8 heteroatoms. The molecule has 0 fully saturated rings. The summed E-state index contributed by atoms with van der Waals surface area (Å²) < 4.78 is 37.3. The Morgan fingerprint density at radius 1 is 1.53 bits per heavy atom. The van der Waals surface area contributed by atoms with E-state index in [0.29, 0.717) is 6.33 Å². The first-order valence-corrected chi connectivity index (χ1v) is 4.24. The molecule has 90 valence electrons. The minimum Gasteiger partial charge on any atom is -0.369 e. The standard InChI is InChI=1S/C9H6F3N3O2/c10-9(11,12)7-5(2-1-3-6(13)16)8(17)15-4-14-7/h4H,3H2,(H2,13,16)(H,14,15,17). The zero-order valence-corrected chi connectivity index (χ0v) is 8.26. The first kappa shape index (κ1) is 12.8. The van der Waals surface area contributed by atoms with Crippen molar-refractivity contribution in [2.45, 2.75) is 12.6 Å². The Labute approximate surface area is 92.9 Å². The molecule has 0 unspecified atom stereocenters. The lowest BCUT2D eigenvalue weighted by Crippen LogP contribution is -2.20. The van der Waals surface area contributed by atoms with Crippen LogP contribution in [0.1, 0.15) is 17.7 Å². The highest BCUT2D eigenvalue weighted by Crippen LogP contribution is 2.28. The number of nitrogens with two attached hydrogens (primary N) is 1. The van der Waals surface area contributed by atoms with Crippen LogP contribution in [-0.2, 0) is 11.0 Å². The monoisotopic (exact) mass is 245 g/mol. The second-order valence-electron chi connectivity index (χ2n) is 2.90. The Balaban J connectivity index is 3.25. The van der Waals surface area contributed by atoms with Gasteiger partial charge in [-0.1, -0.05) is 11.8 Å². The molecule has 0 aliphatic rings. The Bertz CT molecular complexity index is 551. The summed E-state index contributed by atoms with van der Waals surface area (Å²) in [7, 11) is 0. The minimum atomic E-state index is -4.79. The number of carbonyl (C=O) groups excluding carboxylic acids is 1. The third kappa shape index (κ3) is 3.34. The number of nitrogens with one attached hydrogen (secondary N) is 1. The summed E-state index contributed by atoms with van der Waals surface area (Å²) in [5.41, 5.74) is 1.51. The molecule has 0 aliphatic heterocycles. The normalized spacial score (nSPS) is 10.5. The zero-order chi connectivity index (χ0) is 13.1. The lowest BCUT2D eigenvalue weighted by molar-refractivity contribution is -0.141. The summed E-state index contributed by atoms with van der Waals surface area (Å²) in [6, 6.07) is 0. The van der Waals surface area contributed by atoms with Crippen LogP contribution in [-0.4, -0.2) is 15.9 Å². The quantitative estimate of drug-likeness (QED) is 0.683. The van der Waals surface area contributed by atoms with Gasteiger partial charge in [-0.2, -0.15) is 13.2 Å². The second-order valence-corrected chi connectivity index (χ2v) is 2.90. The van der Waals surface area contributed by atoms with Gasteiger partial charge < -0.3 is 10.7 Å². The van der Waals surface area contributed by atoms with Gasteiger partial charge in [0, 0.05) is 0 Å². The van der Waals surface area contributed by atoms with E-state index in [2.05, 4.69) is 10.9 Å². The highest BCUT2D eigenvalue weighted by Gasteiger charge is 2.36. The first-order valence-electron chi connectivity index (χ1n) is 4.24. The van der Waals surface area contributed by atoms with Crippen LogP contribution in [0.25, 0.3) is 0 Å². The van der Waals surface area contributed by atoms with Gasteiger partial charge in [-0.3, -0.25) is 9.59 Å². The Hall–Kier alpha value is -2.30. The SMILES string of the molecule is NC(=O)CC#Cc1c(C(F)(F)F)nc[nH]c1=O. The number of H-pyrrole nitrogens is 1. The molecule has 1 aromatic heterocycles. The fourth-order valence-corrected chi connectivity index (χ4v) is 0.950. The molecule has 1 heterocycles. The number of alkyl halides is 3.